The zero-order valence-corrected chi connectivity index (χ0v) is 21.4. The lowest BCUT2D eigenvalue weighted by molar-refractivity contribution is -0.122. The molecule has 2 aliphatic rings. The van der Waals surface area contributed by atoms with Crippen molar-refractivity contribution in [3.8, 4) is 0 Å². The number of benzene rings is 1. The van der Waals surface area contributed by atoms with E-state index in [-0.39, 0.29) is 11.5 Å². The SMILES string of the molecule is CCN1CCN(c2nc3c(C)cccn3c(=O)c2/C=C2\SC(=S)N(Cc3ccccc3)C2=O)CC1. The van der Waals surface area contributed by atoms with Crippen LogP contribution in [0.2, 0.25) is 0 Å². The van der Waals surface area contributed by atoms with Gasteiger partial charge < -0.3 is 9.80 Å². The third kappa shape index (κ3) is 4.63. The molecular weight excluding hydrogens is 478 g/mol. The molecule has 35 heavy (non-hydrogen) atoms. The maximum Gasteiger partial charge on any atom is 0.267 e. The normalized spacial score (nSPS) is 18.3. The number of nitrogens with zero attached hydrogens (tertiary/aromatic N) is 5. The van der Waals surface area contributed by atoms with Crippen LogP contribution in [0, 0.1) is 6.92 Å². The highest BCUT2D eigenvalue weighted by molar-refractivity contribution is 8.26. The largest absolute Gasteiger partial charge is 0.353 e. The van der Waals surface area contributed by atoms with E-state index in [1.54, 1.807) is 21.6 Å². The molecule has 1 aromatic carbocycles. The van der Waals surface area contributed by atoms with Gasteiger partial charge in [-0.1, -0.05) is 67.3 Å². The van der Waals surface area contributed by atoms with Gasteiger partial charge in [0.05, 0.1) is 17.0 Å². The van der Waals surface area contributed by atoms with Crippen LogP contribution in [0.5, 0.6) is 0 Å². The minimum absolute atomic E-state index is 0.181. The average Bonchev–Trinajstić information content (AvgIpc) is 3.14. The predicted molar refractivity (Wildman–Crippen MR) is 146 cm³/mol. The number of aromatic nitrogens is 2. The molecule has 7 nitrogen and oxygen atoms in total. The molecule has 0 N–H and O–H groups in total. The fourth-order valence-corrected chi connectivity index (χ4v) is 5.71. The van der Waals surface area contributed by atoms with Gasteiger partial charge in [-0.3, -0.25) is 18.9 Å². The van der Waals surface area contributed by atoms with Crippen LogP contribution in [-0.2, 0) is 11.3 Å². The first-order valence-corrected chi connectivity index (χ1v) is 13.0. The summed E-state index contributed by atoms with van der Waals surface area (Å²) in [6.45, 7) is 8.88. The van der Waals surface area contributed by atoms with Crippen LogP contribution in [0.25, 0.3) is 11.7 Å². The predicted octanol–water partition coefficient (Wildman–Crippen LogP) is 3.55. The number of amides is 1. The Hall–Kier alpha value is -3.01. The Balaban J connectivity index is 1.56. The van der Waals surface area contributed by atoms with Gasteiger partial charge >= 0.3 is 0 Å². The maximum absolute atomic E-state index is 13.7. The molecule has 180 valence electrons. The number of pyridine rings is 1. The van der Waals surface area contributed by atoms with E-state index >= 15 is 0 Å². The van der Waals surface area contributed by atoms with Crippen LogP contribution in [-0.4, -0.2) is 62.1 Å². The second kappa shape index (κ2) is 9.93. The van der Waals surface area contributed by atoms with Gasteiger partial charge in [0.2, 0.25) is 0 Å². The number of rotatable bonds is 5. The quantitative estimate of drug-likeness (QED) is 0.388. The molecule has 2 saturated heterocycles. The smallest absolute Gasteiger partial charge is 0.267 e. The Morgan fingerprint density at radius 2 is 1.80 bits per heavy atom. The molecule has 2 aromatic heterocycles. The number of aryl methyl sites for hydroxylation is 1. The molecule has 0 atom stereocenters. The summed E-state index contributed by atoms with van der Waals surface area (Å²) in [7, 11) is 0. The number of carbonyl (C=O) groups excluding carboxylic acids is 1. The third-order valence-electron chi connectivity index (χ3n) is 6.52. The molecule has 0 spiro atoms. The van der Waals surface area contributed by atoms with Crippen LogP contribution in [0.4, 0.5) is 5.82 Å². The van der Waals surface area contributed by atoms with Crippen LogP contribution >= 0.6 is 24.0 Å². The molecule has 0 aliphatic carbocycles. The minimum atomic E-state index is -0.181. The summed E-state index contributed by atoms with van der Waals surface area (Å²) >= 11 is 6.77. The van der Waals surface area contributed by atoms with Crippen molar-refractivity contribution in [2.24, 2.45) is 0 Å². The Kier molecular flexibility index (Phi) is 6.73. The number of fused-ring (bicyclic) bond motifs is 1. The van der Waals surface area contributed by atoms with Gasteiger partial charge in [0, 0.05) is 32.4 Å². The van der Waals surface area contributed by atoms with Crippen molar-refractivity contribution < 1.29 is 4.79 Å². The highest BCUT2D eigenvalue weighted by atomic mass is 32.2. The number of thiocarbonyl (C=S) groups is 1. The molecule has 9 heteroatoms. The topological polar surface area (TPSA) is 61.2 Å². The lowest BCUT2D eigenvalue weighted by Crippen LogP contribution is -2.47. The maximum atomic E-state index is 13.7. The number of hydrogen-bond donors (Lipinski definition) is 0. The first kappa shape index (κ1) is 23.7. The standard InChI is InChI=1S/C26H27N5O2S2/c1-3-28-12-14-29(15-13-28)23-20(24(32)30-11-7-8-18(2)22(30)27-23)16-21-25(33)31(26(34)35-21)17-19-9-5-4-6-10-19/h4-11,16H,3,12-15,17H2,1-2H3/b21-16-. The Morgan fingerprint density at radius 3 is 2.51 bits per heavy atom. The molecule has 4 heterocycles. The van der Waals surface area contributed by atoms with Crippen LogP contribution in [0.3, 0.4) is 0 Å². The summed E-state index contributed by atoms with van der Waals surface area (Å²) in [4.78, 5) is 38.5. The fraction of sp³-hybridized carbons (Fsp3) is 0.308. The van der Waals surface area contributed by atoms with Crippen LogP contribution < -0.4 is 10.5 Å². The number of hydrogen-bond acceptors (Lipinski definition) is 7. The molecule has 0 radical (unpaired) electrons. The molecule has 2 aliphatic heterocycles. The van der Waals surface area contributed by atoms with Crippen molar-refractivity contribution >= 4 is 51.7 Å². The van der Waals surface area contributed by atoms with E-state index < -0.39 is 0 Å². The van der Waals surface area contributed by atoms with Gasteiger partial charge in [0.15, 0.2) is 0 Å². The van der Waals surface area contributed by atoms with Gasteiger partial charge in [-0.15, -0.1) is 0 Å². The molecule has 3 aromatic rings. The van der Waals surface area contributed by atoms with Crippen LogP contribution in [0.15, 0.2) is 58.4 Å². The second-order valence-electron chi connectivity index (χ2n) is 8.71. The zero-order valence-electron chi connectivity index (χ0n) is 19.8. The van der Waals surface area contributed by atoms with Gasteiger partial charge in [-0.2, -0.15) is 0 Å². The summed E-state index contributed by atoms with van der Waals surface area (Å²) in [5.74, 6) is 0.452. The van der Waals surface area contributed by atoms with E-state index in [1.807, 2.05) is 49.4 Å². The third-order valence-corrected chi connectivity index (χ3v) is 7.89. The first-order valence-electron chi connectivity index (χ1n) is 11.7. The van der Waals surface area contributed by atoms with Crippen molar-refractivity contribution in [3.63, 3.8) is 0 Å². The molecule has 0 bridgehead atoms. The van der Waals surface area contributed by atoms with E-state index in [2.05, 4.69) is 16.7 Å². The van der Waals surface area contributed by atoms with E-state index in [1.165, 1.54) is 11.8 Å². The molecule has 0 unspecified atom stereocenters. The summed E-state index contributed by atoms with van der Waals surface area (Å²) in [5.41, 5.74) is 2.82. The highest BCUT2D eigenvalue weighted by Gasteiger charge is 2.33. The van der Waals surface area contributed by atoms with Gasteiger partial charge in [-0.25, -0.2) is 4.98 Å². The first-order chi connectivity index (χ1) is 17.0. The van der Waals surface area contributed by atoms with E-state index in [9.17, 15) is 9.59 Å². The Morgan fingerprint density at radius 1 is 1.06 bits per heavy atom. The summed E-state index contributed by atoms with van der Waals surface area (Å²) in [6.07, 6.45) is 3.42. The van der Waals surface area contributed by atoms with Gasteiger partial charge in [0.25, 0.3) is 11.5 Å². The molecular formula is C26H27N5O2S2. The van der Waals surface area contributed by atoms with Crippen LogP contribution in [0.1, 0.15) is 23.6 Å². The number of carbonyl (C=O) groups is 1. The van der Waals surface area contributed by atoms with Crippen molar-refractivity contribution in [3.05, 3.63) is 80.6 Å². The number of piperazine rings is 1. The van der Waals surface area contributed by atoms with Crippen molar-refractivity contribution in [1.29, 1.82) is 0 Å². The average molecular weight is 506 g/mol. The van der Waals surface area contributed by atoms with Crippen molar-refractivity contribution in [2.45, 2.75) is 20.4 Å². The van der Waals surface area contributed by atoms with E-state index in [0.717, 1.165) is 43.9 Å². The second-order valence-corrected chi connectivity index (χ2v) is 10.4. The van der Waals surface area contributed by atoms with Crippen molar-refractivity contribution in [2.75, 3.05) is 37.6 Å². The summed E-state index contributed by atoms with van der Waals surface area (Å²) < 4.78 is 2.06. The molecule has 5 rings (SSSR count). The zero-order chi connectivity index (χ0) is 24.5. The van der Waals surface area contributed by atoms with Crippen molar-refractivity contribution in [1.82, 2.24) is 19.2 Å². The summed E-state index contributed by atoms with van der Waals surface area (Å²) in [5, 5.41) is 0. The lowest BCUT2D eigenvalue weighted by Gasteiger charge is -2.35. The molecule has 2 fully saturated rings. The number of thioether (sulfide) groups is 1. The van der Waals surface area contributed by atoms with Gasteiger partial charge in [0.1, 0.15) is 15.8 Å². The lowest BCUT2D eigenvalue weighted by atomic mass is 10.2. The van der Waals surface area contributed by atoms with E-state index in [0.29, 0.717) is 32.8 Å². The highest BCUT2D eigenvalue weighted by Crippen LogP contribution is 2.34. The monoisotopic (exact) mass is 505 g/mol. The fourth-order valence-electron chi connectivity index (χ4n) is 4.48. The molecule has 1 amide bonds. The molecule has 0 saturated carbocycles. The minimum Gasteiger partial charge on any atom is -0.353 e. The number of anilines is 1. The Bertz CT molecular complexity index is 1380. The number of likely N-dealkylation sites (N-methyl/N-ethyl adjacent to an activating group) is 1. The Labute approximate surface area is 214 Å². The van der Waals surface area contributed by atoms with Gasteiger partial charge in [-0.05, 0) is 36.7 Å². The summed E-state index contributed by atoms with van der Waals surface area (Å²) in [6, 6.07) is 13.6. The van der Waals surface area contributed by atoms with E-state index in [4.69, 9.17) is 17.2 Å².